The molecule has 0 radical (unpaired) electrons. The molecule has 2 bridgehead atoms. The lowest BCUT2D eigenvalue weighted by atomic mass is 9.71. The van der Waals surface area contributed by atoms with Gasteiger partial charge < -0.3 is 9.84 Å². The molecule has 1 N–H and O–H groups in total. The summed E-state index contributed by atoms with van der Waals surface area (Å²) in [7, 11) is 0. The van der Waals surface area contributed by atoms with Gasteiger partial charge in [0.1, 0.15) is 0 Å². The highest BCUT2D eigenvalue weighted by atomic mass is 16.7. The third-order valence-electron chi connectivity index (χ3n) is 3.87. The first-order chi connectivity index (χ1) is 7.64. The van der Waals surface area contributed by atoms with Crippen LogP contribution in [0.25, 0.3) is 0 Å². The molecule has 90 valence electrons. The first-order valence-electron chi connectivity index (χ1n) is 6.10. The molecule has 0 heterocycles. The molecule has 0 aromatic heterocycles. The average molecular weight is 226 g/mol. The van der Waals surface area contributed by atoms with Crippen molar-refractivity contribution in [1.82, 2.24) is 0 Å². The van der Waals surface area contributed by atoms with Crippen LogP contribution in [0.5, 0.6) is 0 Å². The number of carbonyl (C=O) groups is 2. The summed E-state index contributed by atoms with van der Waals surface area (Å²) in [6.45, 7) is 0. The van der Waals surface area contributed by atoms with E-state index in [2.05, 4.69) is 0 Å². The van der Waals surface area contributed by atoms with Crippen molar-refractivity contribution in [3.05, 3.63) is 0 Å². The van der Waals surface area contributed by atoms with Gasteiger partial charge in [-0.3, -0.25) is 4.79 Å². The molecule has 2 saturated carbocycles. The zero-order chi connectivity index (χ0) is 11.6. The summed E-state index contributed by atoms with van der Waals surface area (Å²) in [5.74, 6) is 0.0780. The van der Waals surface area contributed by atoms with E-state index in [0.717, 1.165) is 38.5 Å². The molecule has 0 amide bonds. The van der Waals surface area contributed by atoms with Crippen LogP contribution in [-0.4, -0.2) is 22.6 Å². The molecule has 2 fully saturated rings. The summed E-state index contributed by atoms with van der Waals surface area (Å²) in [5.41, 5.74) is -1.00. The highest BCUT2D eigenvalue weighted by Crippen LogP contribution is 2.40. The Morgan fingerprint density at radius 2 is 1.88 bits per heavy atom. The summed E-state index contributed by atoms with van der Waals surface area (Å²) < 4.78 is 4.96. The number of ketones is 1. The number of hydrogen-bond donors (Lipinski definition) is 1. The number of fused-ring (bicyclic) bond motifs is 2. The van der Waals surface area contributed by atoms with E-state index in [9.17, 15) is 9.59 Å². The topological polar surface area (TPSA) is 63.6 Å². The van der Waals surface area contributed by atoms with Crippen LogP contribution in [0.3, 0.4) is 0 Å². The van der Waals surface area contributed by atoms with Crippen LogP contribution in [0.4, 0.5) is 4.79 Å². The van der Waals surface area contributed by atoms with Gasteiger partial charge in [-0.1, -0.05) is 12.8 Å². The maximum absolute atomic E-state index is 12.2. The summed E-state index contributed by atoms with van der Waals surface area (Å²) in [6, 6.07) is 0. The van der Waals surface area contributed by atoms with Gasteiger partial charge in [0.15, 0.2) is 11.4 Å². The van der Waals surface area contributed by atoms with Crippen LogP contribution >= 0.6 is 0 Å². The number of rotatable bonds is 1. The second-order valence-electron chi connectivity index (χ2n) is 4.91. The number of carboxylic acid groups (broad SMARTS) is 1. The minimum atomic E-state index is -1.31. The maximum atomic E-state index is 12.2. The number of hydrogen-bond acceptors (Lipinski definition) is 3. The van der Waals surface area contributed by atoms with E-state index in [0.29, 0.717) is 12.8 Å². The van der Waals surface area contributed by atoms with Crippen molar-refractivity contribution >= 4 is 11.9 Å². The molecule has 2 unspecified atom stereocenters. The first-order valence-corrected chi connectivity index (χ1v) is 6.10. The Kier molecular flexibility index (Phi) is 3.17. The second-order valence-corrected chi connectivity index (χ2v) is 4.91. The van der Waals surface area contributed by atoms with Crippen molar-refractivity contribution in [2.24, 2.45) is 5.92 Å². The van der Waals surface area contributed by atoms with Crippen molar-refractivity contribution in [2.75, 3.05) is 0 Å². The molecule has 0 aromatic carbocycles. The lowest BCUT2D eigenvalue weighted by Gasteiger charge is -2.39. The zero-order valence-corrected chi connectivity index (χ0v) is 9.41. The van der Waals surface area contributed by atoms with E-state index in [1.54, 1.807) is 0 Å². The average Bonchev–Trinajstić information content (AvgIpc) is 2.23. The van der Waals surface area contributed by atoms with Crippen LogP contribution in [0.1, 0.15) is 51.4 Å². The fraction of sp³-hybridized carbons (Fsp3) is 0.833. The molecule has 4 heteroatoms. The van der Waals surface area contributed by atoms with Gasteiger partial charge in [0.2, 0.25) is 0 Å². The van der Waals surface area contributed by atoms with Crippen LogP contribution in [0.15, 0.2) is 0 Å². The Bertz CT molecular complexity index is 299. The first kappa shape index (κ1) is 11.4. The van der Waals surface area contributed by atoms with Gasteiger partial charge in [-0.25, -0.2) is 4.79 Å². The molecule has 4 nitrogen and oxygen atoms in total. The van der Waals surface area contributed by atoms with Gasteiger partial charge in [-0.2, -0.15) is 0 Å². The molecule has 0 aliphatic heterocycles. The maximum Gasteiger partial charge on any atom is 0.506 e. The molecule has 2 aliphatic carbocycles. The van der Waals surface area contributed by atoms with E-state index < -0.39 is 11.8 Å². The molecule has 2 atom stereocenters. The standard InChI is InChI=1S/C12H18O4/c13-10-9-5-2-1-3-7-12(10,8-4-6-9)16-11(14)15/h9H,1-8H2,(H,14,15). The number of Topliss-reactive ketones (excluding diaryl/α,β-unsaturated/α-hetero) is 1. The zero-order valence-electron chi connectivity index (χ0n) is 9.41. The van der Waals surface area contributed by atoms with Gasteiger partial charge in [0.05, 0.1) is 0 Å². The summed E-state index contributed by atoms with van der Waals surface area (Å²) in [5, 5.41) is 8.78. The van der Waals surface area contributed by atoms with Gasteiger partial charge in [0.25, 0.3) is 0 Å². The minimum absolute atomic E-state index is 0.0356. The monoisotopic (exact) mass is 226 g/mol. The molecule has 0 aromatic rings. The van der Waals surface area contributed by atoms with Crippen LogP contribution in [-0.2, 0) is 9.53 Å². The number of carbonyl (C=O) groups excluding carboxylic acids is 1. The summed E-state index contributed by atoms with van der Waals surface area (Å²) >= 11 is 0. The van der Waals surface area contributed by atoms with E-state index in [4.69, 9.17) is 9.84 Å². The SMILES string of the molecule is O=C(O)OC12CCCCCC(CCC1)C2=O. The quantitative estimate of drug-likeness (QED) is 0.698. The molecule has 2 rings (SSSR count). The normalized spacial score (nSPS) is 35.0. The second kappa shape index (κ2) is 4.44. The fourth-order valence-electron chi connectivity index (χ4n) is 3.08. The summed E-state index contributed by atoms with van der Waals surface area (Å²) in [6.07, 6.45) is 5.62. The molecule has 0 saturated heterocycles. The fourth-order valence-corrected chi connectivity index (χ4v) is 3.08. The highest BCUT2D eigenvalue weighted by molar-refractivity contribution is 5.91. The van der Waals surface area contributed by atoms with Crippen molar-refractivity contribution in [2.45, 2.75) is 57.0 Å². The van der Waals surface area contributed by atoms with Crippen molar-refractivity contribution in [3.8, 4) is 0 Å². The summed E-state index contributed by atoms with van der Waals surface area (Å²) in [4.78, 5) is 23.0. The van der Waals surface area contributed by atoms with Crippen molar-refractivity contribution in [3.63, 3.8) is 0 Å². The number of ether oxygens (including phenoxy) is 1. The Labute approximate surface area is 95.0 Å². The Morgan fingerprint density at radius 1 is 1.19 bits per heavy atom. The van der Waals surface area contributed by atoms with E-state index in [1.807, 2.05) is 0 Å². The third-order valence-corrected chi connectivity index (χ3v) is 3.87. The Morgan fingerprint density at radius 3 is 2.62 bits per heavy atom. The molecular weight excluding hydrogens is 208 g/mol. The van der Waals surface area contributed by atoms with Crippen molar-refractivity contribution < 1.29 is 19.4 Å². The Balaban J connectivity index is 2.22. The van der Waals surface area contributed by atoms with E-state index in [-0.39, 0.29) is 11.7 Å². The largest absolute Gasteiger partial charge is 0.506 e. The van der Waals surface area contributed by atoms with Crippen LogP contribution in [0, 0.1) is 5.92 Å². The third kappa shape index (κ3) is 2.06. The molecule has 2 aliphatic rings. The molecule has 0 spiro atoms. The lowest BCUT2D eigenvalue weighted by Crippen LogP contribution is -2.49. The highest BCUT2D eigenvalue weighted by Gasteiger charge is 2.48. The van der Waals surface area contributed by atoms with Gasteiger partial charge in [-0.05, 0) is 38.5 Å². The van der Waals surface area contributed by atoms with Crippen molar-refractivity contribution in [1.29, 1.82) is 0 Å². The smallest absolute Gasteiger partial charge is 0.450 e. The van der Waals surface area contributed by atoms with E-state index >= 15 is 0 Å². The van der Waals surface area contributed by atoms with Gasteiger partial charge in [-0.15, -0.1) is 0 Å². The van der Waals surface area contributed by atoms with Gasteiger partial charge in [0, 0.05) is 5.92 Å². The minimum Gasteiger partial charge on any atom is -0.450 e. The Hall–Kier alpha value is -1.06. The molecule has 16 heavy (non-hydrogen) atoms. The van der Waals surface area contributed by atoms with Gasteiger partial charge >= 0.3 is 6.16 Å². The molecular formula is C12H18O4. The van der Waals surface area contributed by atoms with Crippen LogP contribution < -0.4 is 0 Å². The van der Waals surface area contributed by atoms with Crippen LogP contribution in [0.2, 0.25) is 0 Å². The predicted octanol–water partition coefficient (Wildman–Crippen LogP) is 2.75. The van der Waals surface area contributed by atoms with E-state index in [1.165, 1.54) is 0 Å². The lowest BCUT2D eigenvalue weighted by molar-refractivity contribution is -0.151. The predicted molar refractivity (Wildman–Crippen MR) is 57.3 cm³/mol.